The van der Waals surface area contributed by atoms with Crippen LogP contribution >= 0.6 is 0 Å². The summed E-state index contributed by atoms with van der Waals surface area (Å²) in [5.74, 6) is -1.21. The monoisotopic (exact) mass is 610 g/mol. The molecule has 0 aromatic heterocycles. The molecule has 0 N–H and O–H groups in total. The average Bonchev–Trinajstić information content (AvgIpc) is 3.01. The van der Waals surface area contributed by atoms with Gasteiger partial charge in [-0.3, -0.25) is 0 Å². The van der Waals surface area contributed by atoms with Gasteiger partial charge in [-0.1, -0.05) is 82.4 Å². The molecule has 44 heavy (non-hydrogen) atoms. The normalized spacial score (nSPS) is 22.5. The lowest BCUT2D eigenvalue weighted by Crippen LogP contribution is -2.25. The van der Waals surface area contributed by atoms with Gasteiger partial charge < -0.3 is 4.74 Å². The van der Waals surface area contributed by atoms with E-state index in [1.54, 1.807) is 6.07 Å². The van der Waals surface area contributed by atoms with Crippen molar-refractivity contribution in [2.24, 2.45) is 17.8 Å². The maximum absolute atomic E-state index is 15.3. The van der Waals surface area contributed by atoms with Crippen molar-refractivity contribution in [1.29, 1.82) is 0 Å². The lowest BCUT2D eigenvalue weighted by Gasteiger charge is -2.38. The van der Waals surface area contributed by atoms with E-state index in [1.807, 2.05) is 0 Å². The fourth-order valence-corrected chi connectivity index (χ4v) is 7.45. The van der Waals surface area contributed by atoms with E-state index in [9.17, 15) is 17.6 Å². The van der Waals surface area contributed by atoms with Crippen molar-refractivity contribution in [2.75, 3.05) is 0 Å². The third kappa shape index (κ3) is 7.55. The molecule has 0 radical (unpaired) electrons. The summed E-state index contributed by atoms with van der Waals surface area (Å²) in [4.78, 5) is 0. The standard InChI is InChI=1S/C38H43F5O/c1-3-5-6-7-26-8-12-27(13-9-26)28-14-16-29(17-15-28)30-18-21-33(34(39)22-30)31-23-35(40)37(36(41)24-31)38(42,43)44-32-19-10-25(4-2)11-20-32/h4,10-11,18-24,26-29H,2-3,5-9,12-17H2,1H3. The van der Waals surface area contributed by atoms with Gasteiger partial charge in [-0.05, 0) is 109 Å². The Labute approximate surface area is 258 Å². The lowest BCUT2D eigenvalue weighted by molar-refractivity contribution is -0.189. The van der Waals surface area contributed by atoms with E-state index in [0.29, 0.717) is 5.56 Å². The van der Waals surface area contributed by atoms with Crippen LogP contribution in [0.4, 0.5) is 22.0 Å². The molecular weight excluding hydrogens is 567 g/mol. The van der Waals surface area contributed by atoms with Crippen LogP contribution in [0.3, 0.4) is 0 Å². The fourth-order valence-electron chi connectivity index (χ4n) is 7.45. The van der Waals surface area contributed by atoms with E-state index in [1.165, 1.54) is 93.8 Å². The Kier molecular flexibility index (Phi) is 10.5. The summed E-state index contributed by atoms with van der Waals surface area (Å²) in [5.41, 5.74) is -0.148. The number of benzene rings is 3. The second-order valence-corrected chi connectivity index (χ2v) is 12.8. The number of alkyl halides is 2. The highest BCUT2D eigenvalue weighted by molar-refractivity contribution is 5.65. The van der Waals surface area contributed by atoms with E-state index >= 15 is 4.39 Å². The molecule has 6 heteroatoms. The van der Waals surface area contributed by atoms with Crippen molar-refractivity contribution in [3.05, 3.63) is 95.3 Å². The Hall–Kier alpha value is -3.15. The van der Waals surface area contributed by atoms with Crippen LogP contribution in [0.15, 0.2) is 61.2 Å². The van der Waals surface area contributed by atoms with Gasteiger partial charge in [-0.2, -0.15) is 8.78 Å². The second kappa shape index (κ2) is 14.3. The summed E-state index contributed by atoms with van der Waals surface area (Å²) in [6.45, 7) is 5.84. The van der Waals surface area contributed by atoms with Gasteiger partial charge >= 0.3 is 6.11 Å². The van der Waals surface area contributed by atoms with Gasteiger partial charge in [0.05, 0.1) is 0 Å². The summed E-state index contributed by atoms with van der Waals surface area (Å²) in [7, 11) is 0. The lowest BCUT2D eigenvalue weighted by atomic mass is 9.68. The largest absolute Gasteiger partial charge is 0.432 e. The van der Waals surface area contributed by atoms with Crippen molar-refractivity contribution >= 4 is 6.08 Å². The molecular formula is C38H43F5O. The predicted molar refractivity (Wildman–Crippen MR) is 167 cm³/mol. The van der Waals surface area contributed by atoms with Gasteiger partial charge in [-0.15, -0.1) is 0 Å². The van der Waals surface area contributed by atoms with E-state index in [4.69, 9.17) is 0 Å². The molecule has 0 amide bonds. The molecule has 0 spiro atoms. The first-order chi connectivity index (χ1) is 21.2. The first-order valence-electron chi connectivity index (χ1n) is 16.3. The molecule has 3 aromatic rings. The zero-order chi connectivity index (χ0) is 31.3. The van der Waals surface area contributed by atoms with E-state index < -0.39 is 29.1 Å². The van der Waals surface area contributed by atoms with Crippen molar-refractivity contribution in [1.82, 2.24) is 0 Å². The predicted octanol–water partition coefficient (Wildman–Crippen LogP) is 12.2. The molecule has 5 rings (SSSR count). The highest BCUT2D eigenvalue weighted by atomic mass is 19.3. The molecule has 236 valence electrons. The maximum Gasteiger partial charge on any atom is 0.432 e. The molecule has 2 aliphatic carbocycles. The quantitative estimate of drug-likeness (QED) is 0.155. The summed E-state index contributed by atoms with van der Waals surface area (Å²) in [6.07, 6.45) is 12.3. The Morgan fingerprint density at radius 2 is 1.39 bits per heavy atom. The molecule has 0 saturated heterocycles. The first-order valence-corrected chi connectivity index (χ1v) is 16.3. The minimum atomic E-state index is -4.28. The molecule has 2 saturated carbocycles. The van der Waals surface area contributed by atoms with Crippen LogP contribution in [-0.2, 0) is 6.11 Å². The third-order valence-electron chi connectivity index (χ3n) is 10.0. The molecule has 0 heterocycles. The van der Waals surface area contributed by atoms with Crippen LogP contribution in [0.2, 0.25) is 0 Å². The SMILES string of the molecule is C=Cc1ccc(OC(F)(F)c2c(F)cc(-c3ccc(C4CCC(C5CCC(CCCCC)CC5)CC4)cc3F)cc2F)cc1. The molecule has 1 nitrogen and oxygen atoms in total. The van der Waals surface area contributed by atoms with Crippen LogP contribution in [0.5, 0.6) is 5.75 Å². The highest BCUT2D eigenvalue weighted by Gasteiger charge is 2.41. The Morgan fingerprint density at radius 3 is 1.95 bits per heavy atom. The van der Waals surface area contributed by atoms with E-state index in [-0.39, 0.29) is 22.8 Å². The number of unbranched alkanes of at least 4 members (excludes halogenated alkanes) is 2. The van der Waals surface area contributed by atoms with E-state index in [0.717, 1.165) is 61.1 Å². The summed E-state index contributed by atoms with van der Waals surface area (Å²) in [6, 6.07) is 11.7. The minimum absolute atomic E-state index is 0.0354. The molecule has 2 fully saturated rings. The minimum Gasteiger partial charge on any atom is -0.429 e. The van der Waals surface area contributed by atoms with Gasteiger partial charge in [0.25, 0.3) is 0 Å². The van der Waals surface area contributed by atoms with Crippen molar-refractivity contribution in [2.45, 2.75) is 96.0 Å². The number of hydrogen-bond acceptors (Lipinski definition) is 1. The zero-order valence-electron chi connectivity index (χ0n) is 25.6. The number of rotatable bonds is 11. The van der Waals surface area contributed by atoms with Gasteiger partial charge in [0, 0.05) is 5.56 Å². The average molecular weight is 611 g/mol. The van der Waals surface area contributed by atoms with Crippen LogP contribution in [0.1, 0.15) is 107 Å². The van der Waals surface area contributed by atoms with Crippen LogP contribution in [0.25, 0.3) is 17.2 Å². The number of ether oxygens (including phenoxy) is 1. The fraction of sp³-hybridized carbons (Fsp3) is 0.474. The molecule has 0 bridgehead atoms. The summed E-state index contributed by atoms with van der Waals surface area (Å²) < 4.78 is 79.6. The Balaban J connectivity index is 1.21. The summed E-state index contributed by atoms with van der Waals surface area (Å²) >= 11 is 0. The Morgan fingerprint density at radius 1 is 0.773 bits per heavy atom. The highest BCUT2D eigenvalue weighted by Crippen LogP contribution is 2.45. The zero-order valence-corrected chi connectivity index (χ0v) is 25.6. The van der Waals surface area contributed by atoms with Crippen LogP contribution in [0, 0.1) is 35.2 Å². The topological polar surface area (TPSA) is 9.23 Å². The first kappa shape index (κ1) is 32.2. The molecule has 3 aromatic carbocycles. The molecule has 2 aliphatic rings. The van der Waals surface area contributed by atoms with Gasteiger partial charge in [0.1, 0.15) is 28.8 Å². The number of halogens is 5. The van der Waals surface area contributed by atoms with Gasteiger partial charge in [-0.25, -0.2) is 13.2 Å². The molecule has 0 aliphatic heterocycles. The molecule has 0 atom stereocenters. The number of hydrogen-bond donors (Lipinski definition) is 0. The molecule has 0 unspecified atom stereocenters. The Bertz CT molecular complexity index is 1380. The van der Waals surface area contributed by atoms with E-state index in [2.05, 4.69) is 18.2 Å². The van der Waals surface area contributed by atoms with Crippen LogP contribution in [-0.4, -0.2) is 0 Å². The van der Waals surface area contributed by atoms with Gasteiger partial charge in [0.2, 0.25) is 0 Å². The second-order valence-electron chi connectivity index (χ2n) is 12.8. The van der Waals surface area contributed by atoms with Crippen LogP contribution < -0.4 is 4.74 Å². The third-order valence-corrected chi connectivity index (χ3v) is 10.0. The summed E-state index contributed by atoms with van der Waals surface area (Å²) in [5, 5.41) is 0. The van der Waals surface area contributed by atoms with Gasteiger partial charge in [0.15, 0.2) is 0 Å². The van der Waals surface area contributed by atoms with Crippen molar-refractivity contribution in [3.63, 3.8) is 0 Å². The van der Waals surface area contributed by atoms with Crippen molar-refractivity contribution < 1.29 is 26.7 Å². The van der Waals surface area contributed by atoms with Crippen molar-refractivity contribution in [3.8, 4) is 16.9 Å². The smallest absolute Gasteiger partial charge is 0.429 e. The maximum atomic E-state index is 15.3.